The van der Waals surface area contributed by atoms with E-state index in [1.807, 2.05) is 12.1 Å². The van der Waals surface area contributed by atoms with E-state index in [2.05, 4.69) is 66.2 Å². The largest absolute Gasteiger partial charge is 0.325 e. The zero-order chi connectivity index (χ0) is 18.5. The van der Waals surface area contributed by atoms with Crippen molar-refractivity contribution in [3.8, 4) is 0 Å². The minimum Gasteiger partial charge on any atom is -0.325 e. The molecule has 1 N–H and O–H groups in total. The summed E-state index contributed by atoms with van der Waals surface area (Å²) in [6, 6.07) is 14.6. The fourth-order valence-electron chi connectivity index (χ4n) is 3.41. The van der Waals surface area contributed by atoms with Gasteiger partial charge in [0.05, 0.1) is 6.54 Å². The number of amides is 1. The van der Waals surface area contributed by atoms with Gasteiger partial charge in [-0.1, -0.05) is 36.4 Å². The van der Waals surface area contributed by atoms with E-state index in [9.17, 15) is 4.79 Å². The summed E-state index contributed by atoms with van der Waals surface area (Å²) >= 11 is 0. The standard InChI is InChI=1S/C22H29N3O/c1-17-8-6-10-21(19(17)3)23-22(26)16-25-13-11-24(12-14-25)15-20-9-5-4-7-18(20)2/h4-10H,11-16H2,1-3H3,(H,23,26). The monoisotopic (exact) mass is 351 g/mol. The van der Waals surface area contributed by atoms with Crippen molar-refractivity contribution < 1.29 is 4.79 Å². The average Bonchev–Trinajstić information content (AvgIpc) is 2.62. The first-order valence-electron chi connectivity index (χ1n) is 9.38. The minimum absolute atomic E-state index is 0.0750. The van der Waals surface area contributed by atoms with E-state index in [0.717, 1.165) is 44.0 Å². The maximum atomic E-state index is 12.4. The van der Waals surface area contributed by atoms with E-state index in [0.29, 0.717) is 6.54 Å². The van der Waals surface area contributed by atoms with Crippen LogP contribution in [-0.4, -0.2) is 48.4 Å². The van der Waals surface area contributed by atoms with Crippen molar-refractivity contribution in [3.63, 3.8) is 0 Å². The molecule has 2 aromatic rings. The van der Waals surface area contributed by atoms with E-state index in [4.69, 9.17) is 0 Å². The van der Waals surface area contributed by atoms with Crippen molar-refractivity contribution in [1.82, 2.24) is 9.80 Å². The summed E-state index contributed by atoms with van der Waals surface area (Å²) in [6.45, 7) is 11.6. The van der Waals surface area contributed by atoms with Gasteiger partial charge in [0.2, 0.25) is 5.91 Å². The second-order valence-corrected chi connectivity index (χ2v) is 7.27. The molecule has 138 valence electrons. The van der Waals surface area contributed by atoms with Crippen LogP contribution in [0.1, 0.15) is 22.3 Å². The molecule has 4 nitrogen and oxygen atoms in total. The molecule has 2 aromatic carbocycles. The molecule has 0 aliphatic carbocycles. The summed E-state index contributed by atoms with van der Waals surface area (Å²) in [5, 5.41) is 3.06. The van der Waals surface area contributed by atoms with Gasteiger partial charge in [-0.3, -0.25) is 14.6 Å². The highest BCUT2D eigenvalue weighted by Gasteiger charge is 2.19. The second kappa shape index (κ2) is 8.47. The summed E-state index contributed by atoms with van der Waals surface area (Å²) in [6.07, 6.45) is 0. The third-order valence-electron chi connectivity index (χ3n) is 5.37. The predicted molar refractivity (Wildman–Crippen MR) is 107 cm³/mol. The molecule has 1 amide bonds. The maximum absolute atomic E-state index is 12.4. The van der Waals surface area contributed by atoms with Crippen LogP contribution in [0.2, 0.25) is 0 Å². The molecule has 0 saturated carbocycles. The van der Waals surface area contributed by atoms with Crippen LogP contribution >= 0.6 is 0 Å². The minimum atomic E-state index is 0.0750. The Hall–Kier alpha value is -2.17. The van der Waals surface area contributed by atoms with Crippen molar-refractivity contribution in [2.45, 2.75) is 27.3 Å². The normalized spacial score (nSPS) is 15.8. The highest BCUT2D eigenvalue weighted by molar-refractivity contribution is 5.93. The smallest absolute Gasteiger partial charge is 0.238 e. The number of carbonyl (C=O) groups is 1. The molecule has 0 atom stereocenters. The molecule has 4 heteroatoms. The Morgan fingerprint density at radius 1 is 0.885 bits per heavy atom. The Labute approximate surface area is 156 Å². The lowest BCUT2D eigenvalue weighted by atomic mass is 10.1. The number of benzene rings is 2. The number of nitrogens with one attached hydrogen (secondary N) is 1. The molecule has 0 radical (unpaired) electrons. The average molecular weight is 351 g/mol. The zero-order valence-electron chi connectivity index (χ0n) is 16.1. The van der Waals surface area contributed by atoms with E-state index < -0.39 is 0 Å². The first-order valence-corrected chi connectivity index (χ1v) is 9.38. The van der Waals surface area contributed by atoms with Gasteiger partial charge in [-0.05, 0) is 49.1 Å². The molecule has 0 unspecified atom stereocenters. The van der Waals surface area contributed by atoms with Crippen molar-refractivity contribution in [2.24, 2.45) is 0 Å². The number of hydrogen-bond donors (Lipinski definition) is 1. The van der Waals surface area contributed by atoms with Crippen molar-refractivity contribution in [3.05, 3.63) is 64.7 Å². The topological polar surface area (TPSA) is 35.6 Å². The Morgan fingerprint density at radius 2 is 1.54 bits per heavy atom. The Bertz CT molecular complexity index is 764. The number of hydrogen-bond acceptors (Lipinski definition) is 3. The van der Waals surface area contributed by atoms with Gasteiger partial charge in [0.15, 0.2) is 0 Å². The van der Waals surface area contributed by atoms with Crippen molar-refractivity contribution >= 4 is 11.6 Å². The third kappa shape index (κ3) is 4.71. The fourth-order valence-corrected chi connectivity index (χ4v) is 3.41. The van der Waals surface area contributed by atoms with Gasteiger partial charge < -0.3 is 5.32 Å². The van der Waals surface area contributed by atoms with Crippen LogP contribution in [0.15, 0.2) is 42.5 Å². The van der Waals surface area contributed by atoms with Crippen molar-refractivity contribution in [1.29, 1.82) is 0 Å². The molecular weight excluding hydrogens is 322 g/mol. The number of aryl methyl sites for hydroxylation is 2. The third-order valence-corrected chi connectivity index (χ3v) is 5.37. The van der Waals surface area contributed by atoms with Crippen molar-refractivity contribution in [2.75, 3.05) is 38.0 Å². The Balaban J connectivity index is 1.47. The van der Waals surface area contributed by atoms with Crippen LogP contribution < -0.4 is 5.32 Å². The summed E-state index contributed by atoms with van der Waals surface area (Å²) < 4.78 is 0. The number of rotatable bonds is 5. The molecule has 0 bridgehead atoms. The van der Waals surface area contributed by atoms with Gasteiger partial charge in [-0.15, -0.1) is 0 Å². The first kappa shape index (κ1) is 18.6. The van der Waals surface area contributed by atoms with Gasteiger partial charge >= 0.3 is 0 Å². The van der Waals surface area contributed by atoms with Crippen LogP contribution in [0.3, 0.4) is 0 Å². The molecule has 1 fully saturated rings. The fraction of sp³-hybridized carbons (Fsp3) is 0.409. The number of carbonyl (C=O) groups excluding carboxylic acids is 1. The SMILES string of the molecule is Cc1ccccc1CN1CCN(CC(=O)Nc2cccc(C)c2C)CC1. The zero-order valence-corrected chi connectivity index (χ0v) is 16.1. The van der Waals surface area contributed by atoms with Crippen LogP contribution in [0.4, 0.5) is 5.69 Å². The lowest BCUT2D eigenvalue weighted by Crippen LogP contribution is -2.48. The van der Waals surface area contributed by atoms with Crippen LogP contribution in [0.25, 0.3) is 0 Å². The van der Waals surface area contributed by atoms with E-state index >= 15 is 0 Å². The van der Waals surface area contributed by atoms with E-state index in [-0.39, 0.29) is 5.91 Å². The summed E-state index contributed by atoms with van der Waals surface area (Å²) in [5.74, 6) is 0.0750. The highest BCUT2D eigenvalue weighted by Crippen LogP contribution is 2.18. The molecule has 26 heavy (non-hydrogen) atoms. The number of piperazine rings is 1. The summed E-state index contributed by atoms with van der Waals surface area (Å²) in [5.41, 5.74) is 6.01. The Morgan fingerprint density at radius 3 is 2.27 bits per heavy atom. The van der Waals surface area contributed by atoms with Gasteiger partial charge in [-0.2, -0.15) is 0 Å². The lowest BCUT2D eigenvalue weighted by molar-refractivity contribution is -0.117. The maximum Gasteiger partial charge on any atom is 0.238 e. The van der Waals surface area contributed by atoms with Gasteiger partial charge in [0.25, 0.3) is 0 Å². The van der Waals surface area contributed by atoms with Gasteiger partial charge in [0.1, 0.15) is 0 Å². The van der Waals surface area contributed by atoms with Gasteiger partial charge in [0, 0.05) is 38.4 Å². The van der Waals surface area contributed by atoms with Crippen LogP contribution in [0, 0.1) is 20.8 Å². The summed E-state index contributed by atoms with van der Waals surface area (Å²) in [4.78, 5) is 17.1. The molecule has 1 aliphatic heterocycles. The molecule has 0 spiro atoms. The van der Waals surface area contributed by atoms with E-state index in [1.165, 1.54) is 16.7 Å². The van der Waals surface area contributed by atoms with Gasteiger partial charge in [-0.25, -0.2) is 0 Å². The lowest BCUT2D eigenvalue weighted by Gasteiger charge is -2.34. The first-order chi connectivity index (χ1) is 12.5. The molecule has 3 rings (SSSR count). The molecule has 1 saturated heterocycles. The Kier molecular flexibility index (Phi) is 6.07. The molecular formula is C22H29N3O. The number of nitrogens with zero attached hydrogens (tertiary/aromatic N) is 2. The number of anilines is 1. The second-order valence-electron chi connectivity index (χ2n) is 7.27. The highest BCUT2D eigenvalue weighted by atomic mass is 16.2. The molecule has 0 aromatic heterocycles. The van der Waals surface area contributed by atoms with Crippen LogP contribution in [-0.2, 0) is 11.3 Å². The van der Waals surface area contributed by atoms with E-state index in [1.54, 1.807) is 0 Å². The van der Waals surface area contributed by atoms with Crippen LogP contribution in [0.5, 0.6) is 0 Å². The predicted octanol–water partition coefficient (Wildman–Crippen LogP) is 3.37. The quantitative estimate of drug-likeness (QED) is 0.897. The molecule has 1 aliphatic rings. The molecule has 1 heterocycles. The summed E-state index contributed by atoms with van der Waals surface area (Å²) in [7, 11) is 0.